The number of amides is 2. The molecule has 7 heteroatoms. The van der Waals surface area contributed by atoms with Crippen molar-refractivity contribution in [2.45, 2.75) is 58.2 Å². The van der Waals surface area contributed by atoms with Crippen molar-refractivity contribution >= 4 is 17.8 Å². The van der Waals surface area contributed by atoms with E-state index in [1.807, 2.05) is 56.3 Å². The lowest BCUT2D eigenvalue weighted by molar-refractivity contribution is -0.154. The van der Waals surface area contributed by atoms with Gasteiger partial charge in [0, 0.05) is 11.6 Å². The maximum absolute atomic E-state index is 13.6. The van der Waals surface area contributed by atoms with Gasteiger partial charge in [0.25, 0.3) is 0 Å². The minimum Gasteiger partial charge on any atom is -0.480 e. The summed E-state index contributed by atoms with van der Waals surface area (Å²) in [6.45, 7) is 9.24. The summed E-state index contributed by atoms with van der Waals surface area (Å²) < 4.78 is 5.87. The van der Waals surface area contributed by atoms with Gasteiger partial charge in [-0.05, 0) is 62.9 Å². The average Bonchev–Trinajstić information content (AvgIpc) is 3.23. The quantitative estimate of drug-likeness (QED) is 0.616. The number of carboxylic acids is 1. The molecule has 2 saturated heterocycles. The number of fused-ring (bicyclic) bond motifs is 1. The van der Waals surface area contributed by atoms with Gasteiger partial charge in [-0.25, -0.2) is 0 Å². The van der Waals surface area contributed by atoms with Crippen LogP contribution in [0.15, 0.2) is 54.6 Å². The third kappa shape index (κ3) is 3.98. The zero-order chi connectivity index (χ0) is 24.8. The third-order valence-corrected chi connectivity index (χ3v) is 6.65. The molecule has 34 heavy (non-hydrogen) atoms. The van der Waals surface area contributed by atoms with Crippen LogP contribution in [-0.4, -0.2) is 38.9 Å². The van der Waals surface area contributed by atoms with E-state index in [1.54, 1.807) is 32.9 Å². The number of ether oxygens (including phenoxy) is 1. The van der Waals surface area contributed by atoms with Crippen LogP contribution in [0.5, 0.6) is 11.5 Å². The van der Waals surface area contributed by atoms with Gasteiger partial charge in [-0.3, -0.25) is 24.6 Å². The molecule has 2 aromatic rings. The fourth-order valence-electron chi connectivity index (χ4n) is 5.43. The summed E-state index contributed by atoms with van der Waals surface area (Å²) in [4.78, 5) is 41.1. The number of hydrogen-bond acceptors (Lipinski definition) is 5. The van der Waals surface area contributed by atoms with Crippen LogP contribution in [-0.2, 0) is 14.4 Å². The van der Waals surface area contributed by atoms with Crippen molar-refractivity contribution < 1.29 is 24.2 Å². The second-order valence-electron chi connectivity index (χ2n) is 10.7. The summed E-state index contributed by atoms with van der Waals surface area (Å²) in [5.41, 5.74) is -1.51. The first-order chi connectivity index (χ1) is 16.0. The van der Waals surface area contributed by atoms with E-state index in [0.29, 0.717) is 11.5 Å². The van der Waals surface area contributed by atoms with E-state index >= 15 is 0 Å². The minimum absolute atomic E-state index is 0.0104. The molecule has 0 aromatic heterocycles. The molecule has 0 radical (unpaired) electrons. The highest BCUT2D eigenvalue weighted by Crippen LogP contribution is 2.52. The van der Waals surface area contributed by atoms with E-state index in [1.165, 1.54) is 4.90 Å². The molecule has 4 rings (SSSR count). The van der Waals surface area contributed by atoms with Gasteiger partial charge in [0.05, 0.1) is 11.8 Å². The fraction of sp³-hybridized carbons (Fsp3) is 0.444. The average molecular weight is 465 g/mol. The monoisotopic (exact) mass is 464 g/mol. The molecule has 2 aliphatic heterocycles. The van der Waals surface area contributed by atoms with Crippen molar-refractivity contribution in [3.05, 3.63) is 60.2 Å². The van der Waals surface area contributed by atoms with Crippen LogP contribution in [0.4, 0.5) is 0 Å². The molecule has 180 valence electrons. The molecule has 0 saturated carbocycles. The van der Waals surface area contributed by atoms with Crippen molar-refractivity contribution in [2.24, 2.45) is 17.8 Å². The standard InChI is InChI=1S/C27H32N2O5/c1-16(2)15-27(25(32)33)21-20(23(30)29(24(21)31)26(3,4)5)22(28-27)17-11-13-19(14-12-17)34-18-9-7-6-8-10-18/h6-14,16,20-22,28H,15H2,1-5H3,(H,32,33). The molecule has 2 aromatic carbocycles. The van der Waals surface area contributed by atoms with E-state index < -0.39 is 40.8 Å². The smallest absolute Gasteiger partial charge is 0.324 e. The number of carbonyl (C=O) groups is 3. The van der Waals surface area contributed by atoms with Gasteiger partial charge in [-0.15, -0.1) is 0 Å². The Balaban J connectivity index is 1.73. The molecule has 2 amide bonds. The lowest BCUT2D eigenvalue weighted by Crippen LogP contribution is -2.58. The first kappa shape index (κ1) is 24.0. The molecular formula is C27H32N2O5. The third-order valence-electron chi connectivity index (χ3n) is 6.65. The Hall–Kier alpha value is -3.19. The highest BCUT2D eigenvalue weighted by molar-refractivity contribution is 6.10. The molecule has 4 unspecified atom stereocenters. The number of likely N-dealkylation sites (tertiary alicyclic amines) is 1. The molecule has 0 bridgehead atoms. The number of benzene rings is 2. The zero-order valence-corrected chi connectivity index (χ0v) is 20.2. The first-order valence-corrected chi connectivity index (χ1v) is 11.7. The lowest BCUT2D eigenvalue weighted by atomic mass is 9.75. The Morgan fingerprint density at radius 2 is 1.62 bits per heavy atom. The van der Waals surface area contributed by atoms with E-state index in [-0.39, 0.29) is 18.2 Å². The van der Waals surface area contributed by atoms with Crippen molar-refractivity contribution in [1.82, 2.24) is 10.2 Å². The number of para-hydroxylation sites is 1. The summed E-state index contributed by atoms with van der Waals surface area (Å²) in [5.74, 6) is -2.25. The molecule has 2 N–H and O–H groups in total. The van der Waals surface area contributed by atoms with E-state index in [9.17, 15) is 19.5 Å². The van der Waals surface area contributed by atoms with Crippen LogP contribution in [0.3, 0.4) is 0 Å². The summed E-state index contributed by atoms with van der Waals surface area (Å²) in [6.07, 6.45) is 0.242. The van der Waals surface area contributed by atoms with Gasteiger partial charge in [-0.1, -0.05) is 44.2 Å². The summed E-state index contributed by atoms with van der Waals surface area (Å²) in [5, 5.41) is 13.6. The number of carbonyl (C=O) groups excluding carboxylic acids is 2. The molecule has 0 spiro atoms. The van der Waals surface area contributed by atoms with Crippen molar-refractivity contribution in [2.75, 3.05) is 0 Å². The number of aliphatic carboxylic acids is 1. The van der Waals surface area contributed by atoms with Gasteiger partial charge < -0.3 is 9.84 Å². The van der Waals surface area contributed by atoms with E-state index in [4.69, 9.17) is 4.74 Å². The second kappa shape index (κ2) is 8.55. The lowest BCUT2D eigenvalue weighted by Gasteiger charge is -2.36. The highest BCUT2D eigenvalue weighted by atomic mass is 16.5. The van der Waals surface area contributed by atoms with Crippen LogP contribution >= 0.6 is 0 Å². The second-order valence-corrected chi connectivity index (χ2v) is 10.7. The van der Waals surface area contributed by atoms with Crippen LogP contribution < -0.4 is 10.1 Å². The van der Waals surface area contributed by atoms with Gasteiger partial charge in [-0.2, -0.15) is 0 Å². The molecule has 2 fully saturated rings. The van der Waals surface area contributed by atoms with Gasteiger partial charge in [0.2, 0.25) is 11.8 Å². The fourth-order valence-corrected chi connectivity index (χ4v) is 5.43. The maximum Gasteiger partial charge on any atom is 0.324 e. The largest absolute Gasteiger partial charge is 0.480 e. The zero-order valence-electron chi connectivity index (χ0n) is 20.2. The molecule has 7 nitrogen and oxygen atoms in total. The van der Waals surface area contributed by atoms with Crippen LogP contribution in [0.1, 0.15) is 52.6 Å². The van der Waals surface area contributed by atoms with E-state index in [2.05, 4.69) is 5.32 Å². The Bertz CT molecular complexity index is 1090. The van der Waals surface area contributed by atoms with Crippen molar-refractivity contribution in [1.29, 1.82) is 0 Å². The number of imide groups is 1. The topological polar surface area (TPSA) is 95.9 Å². The Morgan fingerprint density at radius 3 is 2.15 bits per heavy atom. The minimum atomic E-state index is -1.52. The maximum atomic E-state index is 13.6. The van der Waals surface area contributed by atoms with Crippen LogP contribution in [0, 0.1) is 17.8 Å². The molecular weight excluding hydrogens is 432 g/mol. The van der Waals surface area contributed by atoms with Gasteiger partial charge >= 0.3 is 5.97 Å². The SMILES string of the molecule is CC(C)CC1(C(=O)O)NC(c2ccc(Oc3ccccc3)cc2)C2C(=O)N(C(C)(C)C)C(=O)C21. The van der Waals surface area contributed by atoms with Crippen molar-refractivity contribution in [3.8, 4) is 11.5 Å². The predicted octanol–water partition coefficient (Wildman–Crippen LogP) is 4.39. The van der Waals surface area contributed by atoms with E-state index in [0.717, 1.165) is 5.56 Å². The Labute approximate surface area is 200 Å². The number of nitrogens with one attached hydrogen (secondary N) is 1. The molecule has 4 atom stereocenters. The van der Waals surface area contributed by atoms with Gasteiger partial charge in [0.1, 0.15) is 17.0 Å². The Kier molecular flexibility index (Phi) is 6.02. The molecule has 2 heterocycles. The summed E-state index contributed by atoms with van der Waals surface area (Å²) in [7, 11) is 0. The van der Waals surface area contributed by atoms with Crippen LogP contribution in [0.2, 0.25) is 0 Å². The number of rotatable bonds is 6. The van der Waals surface area contributed by atoms with Gasteiger partial charge in [0.15, 0.2) is 0 Å². The number of hydrogen-bond donors (Lipinski definition) is 2. The number of nitrogens with zero attached hydrogens (tertiary/aromatic N) is 1. The highest BCUT2D eigenvalue weighted by Gasteiger charge is 2.69. The Morgan fingerprint density at radius 1 is 1.03 bits per heavy atom. The van der Waals surface area contributed by atoms with Crippen molar-refractivity contribution in [3.63, 3.8) is 0 Å². The summed E-state index contributed by atoms with van der Waals surface area (Å²) >= 11 is 0. The normalized spacial score (nSPS) is 26.8. The summed E-state index contributed by atoms with van der Waals surface area (Å²) in [6, 6.07) is 16.0. The van der Waals surface area contributed by atoms with Crippen LogP contribution in [0.25, 0.3) is 0 Å². The molecule has 2 aliphatic rings. The first-order valence-electron chi connectivity index (χ1n) is 11.7. The number of carboxylic acid groups (broad SMARTS) is 1. The predicted molar refractivity (Wildman–Crippen MR) is 127 cm³/mol. The molecule has 0 aliphatic carbocycles.